The van der Waals surface area contributed by atoms with Crippen LogP contribution in [0.5, 0.6) is 0 Å². The predicted octanol–water partition coefficient (Wildman–Crippen LogP) is 3.96. The van der Waals surface area contributed by atoms with Gasteiger partial charge in [0.15, 0.2) is 0 Å². The Kier molecular flexibility index (Phi) is 3.61. The molecule has 0 saturated carbocycles. The quantitative estimate of drug-likeness (QED) is 0.807. The Bertz CT molecular complexity index is 562. The van der Waals surface area contributed by atoms with Crippen molar-refractivity contribution >= 4 is 10.9 Å². The van der Waals surface area contributed by atoms with E-state index in [1.807, 2.05) is 0 Å². The first kappa shape index (κ1) is 12.7. The molecule has 2 heteroatoms. The second kappa shape index (κ2) is 5.38. The summed E-state index contributed by atoms with van der Waals surface area (Å²) in [5.41, 5.74) is 4.25. The molecule has 2 nitrogen and oxygen atoms in total. The summed E-state index contributed by atoms with van der Waals surface area (Å²) in [4.78, 5) is 2.61. The summed E-state index contributed by atoms with van der Waals surface area (Å²) in [7, 11) is 0. The lowest BCUT2D eigenvalue weighted by Gasteiger charge is -2.26. The number of fused-ring (bicyclic) bond motifs is 1. The number of aryl methyl sites for hydroxylation is 2. The van der Waals surface area contributed by atoms with E-state index < -0.39 is 0 Å². The fraction of sp³-hybridized carbons (Fsp3) is 0.529. The Balaban J connectivity index is 1.94. The molecule has 1 saturated heterocycles. The smallest absolute Gasteiger partial charge is 0.0486 e. The van der Waals surface area contributed by atoms with Crippen LogP contribution in [0.3, 0.4) is 0 Å². The van der Waals surface area contributed by atoms with Crippen molar-refractivity contribution < 1.29 is 0 Å². The molecule has 2 heterocycles. The molecule has 0 atom stereocenters. The van der Waals surface area contributed by atoms with Gasteiger partial charge in [-0.05, 0) is 57.0 Å². The van der Waals surface area contributed by atoms with Crippen LogP contribution in [0.15, 0.2) is 24.4 Å². The zero-order valence-corrected chi connectivity index (χ0v) is 12.2. The number of nitrogens with zero attached hydrogens (tertiary/aromatic N) is 2. The molecule has 0 unspecified atom stereocenters. The highest BCUT2D eigenvalue weighted by atomic mass is 15.1. The summed E-state index contributed by atoms with van der Waals surface area (Å²) in [5.74, 6) is 0. The molecule has 102 valence electrons. The van der Waals surface area contributed by atoms with Crippen LogP contribution in [0.25, 0.3) is 10.9 Å². The maximum atomic E-state index is 2.61. The van der Waals surface area contributed by atoms with E-state index in [1.54, 1.807) is 0 Å². The second-order valence-corrected chi connectivity index (χ2v) is 5.80. The Labute approximate surface area is 116 Å². The number of hydrogen-bond donors (Lipinski definition) is 0. The summed E-state index contributed by atoms with van der Waals surface area (Å²) in [5, 5.41) is 1.44. The average Bonchev–Trinajstić information content (AvgIpc) is 2.77. The van der Waals surface area contributed by atoms with Gasteiger partial charge < -0.3 is 4.57 Å². The van der Waals surface area contributed by atoms with E-state index in [0.29, 0.717) is 0 Å². The van der Waals surface area contributed by atoms with Crippen molar-refractivity contribution in [2.45, 2.75) is 46.2 Å². The molecule has 0 amide bonds. The lowest BCUT2D eigenvalue weighted by atomic mass is 10.1. The van der Waals surface area contributed by atoms with Crippen LogP contribution in [0.2, 0.25) is 0 Å². The van der Waals surface area contributed by atoms with Gasteiger partial charge in [0.2, 0.25) is 0 Å². The van der Waals surface area contributed by atoms with Crippen molar-refractivity contribution in [3.8, 4) is 0 Å². The van der Waals surface area contributed by atoms with Gasteiger partial charge in [-0.1, -0.05) is 18.6 Å². The summed E-state index contributed by atoms with van der Waals surface area (Å²) in [6.07, 6.45) is 6.50. The fourth-order valence-corrected chi connectivity index (χ4v) is 3.22. The Morgan fingerprint density at radius 1 is 1.11 bits per heavy atom. The number of likely N-dealkylation sites (tertiary alicyclic amines) is 1. The minimum absolute atomic E-state index is 1.06. The molecule has 1 aromatic carbocycles. The monoisotopic (exact) mass is 256 g/mol. The van der Waals surface area contributed by atoms with E-state index in [9.17, 15) is 0 Å². The van der Waals surface area contributed by atoms with Gasteiger partial charge in [-0.25, -0.2) is 0 Å². The molecular weight excluding hydrogens is 232 g/mol. The van der Waals surface area contributed by atoms with Crippen molar-refractivity contribution in [3.63, 3.8) is 0 Å². The van der Waals surface area contributed by atoms with Crippen molar-refractivity contribution in [1.29, 1.82) is 0 Å². The third-order valence-electron chi connectivity index (χ3n) is 4.30. The first-order chi connectivity index (χ1) is 9.28. The Morgan fingerprint density at radius 3 is 2.63 bits per heavy atom. The Hall–Kier alpha value is -1.28. The molecule has 0 bridgehead atoms. The van der Waals surface area contributed by atoms with E-state index in [4.69, 9.17) is 0 Å². The van der Waals surface area contributed by atoms with Crippen LogP contribution in [0.4, 0.5) is 0 Å². The van der Waals surface area contributed by atoms with Crippen LogP contribution in [-0.2, 0) is 13.1 Å². The second-order valence-electron chi connectivity index (χ2n) is 5.80. The van der Waals surface area contributed by atoms with Gasteiger partial charge >= 0.3 is 0 Å². The van der Waals surface area contributed by atoms with Crippen molar-refractivity contribution in [2.24, 2.45) is 0 Å². The highest BCUT2D eigenvalue weighted by Gasteiger charge is 2.14. The van der Waals surface area contributed by atoms with E-state index in [-0.39, 0.29) is 0 Å². The number of aromatic nitrogens is 1. The van der Waals surface area contributed by atoms with Crippen LogP contribution >= 0.6 is 0 Å². The molecule has 19 heavy (non-hydrogen) atoms. The summed E-state index contributed by atoms with van der Waals surface area (Å²) >= 11 is 0. The number of piperidine rings is 1. The SMILES string of the molecule is CCn1cc(CN2CCCCC2)c2ccc(C)cc21. The zero-order valence-electron chi connectivity index (χ0n) is 12.2. The summed E-state index contributed by atoms with van der Waals surface area (Å²) in [6.45, 7) is 9.12. The molecule has 1 aliphatic rings. The van der Waals surface area contributed by atoms with E-state index in [2.05, 4.69) is 47.7 Å². The van der Waals surface area contributed by atoms with Gasteiger partial charge in [-0.2, -0.15) is 0 Å². The minimum Gasteiger partial charge on any atom is -0.347 e. The third kappa shape index (κ3) is 2.55. The zero-order chi connectivity index (χ0) is 13.2. The fourth-order valence-electron chi connectivity index (χ4n) is 3.22. The first-order valence-electron chi connectivity index (χ1n) is 7.58. The van der Waals surface area contributed by atoms with Gasteiger partial charge in [-0.3, -0.25) is 4.90 Å². The van der Waals surface area contributed by atoms with E-state index in [0.717, 1.165) is 13.1 Å². The largest absolute Gasteiger partial charge is 0.347 e. The van der Waals surface area contributed by atoms with E-state index in [1.165, 1.54) is 54.4 Å². The molecule has 2 aromatic rings. The van der Waals surface area contributed by atoms with Crippen LogP contribution in [0.1, 0.15) is 37.3 Å². The van der Waals surface area contributed by atoms with Gasteiger partial charge in [0.1, 0.15) is 0 Å². The average molecular weight is 256 g/mol. The summed E-state index contributed by atoms with van der Waals surface area (Å²) < 4.78 is 2.39. The minimum atomic E-state index is 1.06. The molecule has 0 spiro atoms. The van der Waals surface area contributed by atoms with Crippen molar-refractivity contribution in [2.75, 3.05) is 13.1 Å². The van der Waals surface area contributed by atoms with Crippen LogP contribution in [0, 0.1) is 6.92 Å². The van der Waals surface area contributed by atoms with Crippen LogP contribution < -0.4 is 0 Å². The highest BCUT2D eigenvalue weighted by molar-refractivity contribution is 5.84. The van der Waals surface area contributed by atoms with E-state index >= 15 is 0 Å². The maximum absolute atomic E-state index is 2.61. The standard InChI is InChI=1S/C17H24N2/c1-3-19-13-15(12-18-9-5-4-6-10-18)16-8-7-14(2)11-17(16)19/h7-8,11,13H,3-6,9-10,12H2,1-2H3. The lowest BCUT2D eigenvalue weighted by Crippen LogP contribution is -2.28. The molecule has 0 radical (unpaired) electrons. The molecule has 1 aromatic heterocycles. The molecule has 1 fully saturated rings. The Morgan fingerprint density at radius 2 is 1.89 bits per heavy atom. The van der Waals surface area contributed by atoms with Gasteiger partial charge in [0.05, 0.1) is 0 Å². The first-order valence-corrected chi connectivity index (χ1v) is 7.58. The molecule has 0 N–H and O–H groups in total. The predicted molar refractivity (Wildman–Crippen MR) is 81.5 cm³/mol. The van der Waals surface area contributed by atoms with Gasteiger partial charge in [0, 0.05) is 30.2 Å². The topological polar surface area (TPSA) is 8.17 Å². The van der Waals surface area contributed by atoms with Crippen molar-refractivity contribution in [1.82, 2.24) is 9.47 Å². The van der Waals surface area contributed by atoms with Gasteiger partial charge in [-0.15, -0.1) is 0 Å². The maximum Gasteiger partial charge on any atom is 0.0486 e. The summed E-state index contributed by atoms with van der Waals surface area (Å²) in [6, 6.07) is 6.86. The molecule has 3 rings (SSSR count). The molecule has 1 aliphatic heterocycles. The number of rotatable bonds is 3. The normalized spacial score (nSPS) is 17.2. The highest BCUT2D eigenvalue weighted by Crippen LogP contribution is 2.25. The van der Waals surface area contributed by atoms with Gasteiger partial charge in [0.25, 0.3) is 0 Å². The van der Waals surface area contributed by atoms with Crippen LogP contribution in [-0.4, -0.2) is 22.6 Å². The third-order valence-corrected chi connectivity index (χ3v) is 4.30. The molecule has 0 aliphatic carbocycles. The molecular formula is C17H24N2. The van der Waals surface area contributed by atoms with Crippen molar-refractivity contribution in [3.05, 3.63) is 35.5 Å². The number of benzene rings is 1. The lowest BCUT2D eigenvalue weighted by molar-refractivity contribution is 0.221. The number of hydrogen-bond acceptors (Lipinski definition) is 1.